The fourth-order valence-electron chi connectivity index (χ4n) is 5.23. The molecule has 1 heterocycles. The minimum atomic E-state index is -0.776. The Morgan fingerprint density at radius 2 is 1.54 bits per heavy atom. The van der Waals surface area contributed by atoms with E-state index in [0.717, 1.165) is 50.9 Å². The van der Waals surface area contributed by atoms with Gasteiger partial charge in [0.25, 0.3) is 0 Å². The summed E-state index contributed by atoms with van der Waals surface area (Å²) in [5.41, 5.74) is 2.24. The van der Waals surface area contributed by atoms with Gasteiger partial charge in [0.15, 0.2) is 0 Å². The molecule has 1 aliphatic heterocycles. The first-order valence-electron chi connectivity index (χ1n) is 10.6. The summed E-state index contributed by atoms with van der Waals surface area (Å²) in [6.45, 7) is 6.95. The first-order chi connectivity index (χ1) is 13.3. The van der Waals surface area contributed by atoms with Gasteiger partial charge in [-0.25, -0.2) is 0 Å². The van der Waals surface area contributed by atoms with E-state index >= 15 is 0 Å². The van der Waals surface area contributed by atoms with Crippen LogP contribution in [0.3, 0.4) is 0 Å². The predicted octanol–water partition coefficient (Wildman–Crippen LogP) is 3.77. The van der Waals surface area contributed by atoms with Crippen molar-refractivity contribution in [2.24, 2.45) is 11.8 Å². The summed E-state index contributed by atoms with van der Waals surface area (Å²) in [4.78, 5) is 2.57. The highest BCUT2D eigenvalue weighted by Gasteiger charge is 2.47. The zero-order valence-electron chi connectivity index (χ0n) is 17.1. The van der Waals surface area contributed by atoms with Gasteiger partial charge in [0.1, 0.15) is 0 Å². The zero-order valence-corrected chi connectivity index (χ0v) is 17.1. The highest BCUT2D eigenvalue weighted by atomic mass is 16.3. The lowest BCUT2D eigenvalue weighted by atomic mass is 9.91. The zero-order chi connectivity index (χ0) is 19.8. The van der Waals surface area contributed by atoms with Gasteiger partial charge < -0.3 is 15.1 Å². The summed E-state index contributed by atoms with van der Waals surface area (Å²) in [7, 11) is 0. The number of likely N-dealkylation sites (tertiary alicyclic amines) is 1. The van der Waals surface area contributed by atoms with E-state index in [1.165, 1.54) is 11.1 Å². The third-order valence-corrected chi connectivity index (χ3v) is 6.69. The highest BCUT2D eigenvalue weighted by Crippen LogP contribution is 2.45. The Bertz CT molecular complexity index is 764. The molecule has 2 aromatic rings. The SMILES string of the molecule is CC(C)(O)c1ccc(CCN2C[C@@H]3CC(O)(Cc4ccccc4)C[C@@H]3C2)cc1. The van der Waals surface area contributed by atoms with Gasteiger partial charge in [-0.3, -0.25) is 0 Å². The standard InChI is InChI=1S/C25H33NO2/c1-24(2,27)23-10-8-19(9-11-23)12-13-26-17-21-15-25(28,16-22(21)18-26)14-20-6-4-3-5-7-20/h3-11,21-22,27-28H,12-18H2,1-2H3/t21-,22+,25?. The minimum Gasteiger partial charge on any atom is -0.390 e. The van der Waals surface area contributed by atoms with Gasteiger partial charge in [-0.2, -0.15) is 0 Å². The topological polar surface area (TPSA) is 43.7 Å². The van der Waals surface area contributed by atoms with Crippen LogP contribution in [0, 0.1) is 11.8 Å². The lowest BCUT2D eigenvalue weighted by Crippen LogP contribution is -2.32. The van der Waals surface area contributed by atoms with Crippen LogP contribution < -0.4 is 0 Å². The number of hydrogen-bond donors (Lipinski definition) is 2. The van der Waals surface area contributed by atoms with E-state index in [0.29, 0.717) is 11.8 Å². The Balaban J connectivity index is 1.27. The summed E-state index contributed by atoms with van der Waals surface area (Å²) in [5, 5.41) is 21.2. The smallest absolute Gasteiger partial charge is 0.0840 e. The second-order valence-electron chi connectivity index (χ2n) is 9.58. The average Bonchev–Trinajstić information content (AvgIpc) is 3.14. The molecule has 3 heteroatoms. The van der Waals surface area contributed by atoms with Gasteiger partial charge in [-0.15, -0.1) is 0 Å². The maximum atomic E-state index is 11.1. The summed E-state index contributed by atoms with van der Waals surface area (Å²) >= 11 is 0. The van der Waals surface area contributed by atoms with Gasteiger partial charge >= 0.3 is 0 Å². The molecule has 28 heavy (non-hydrogen) atoms. The van der Waals surface area contributed by atoms with Gasteiger partial charge in [0, 0.05) is 26.1 Å². The van der Waals surface area contributed by atoms with Crippen LogP contribution in [0.5, 0.6) is 0 Å². The van der Waals surface area contributed by atoms with Crippen molar-refractivity contribution < 1.29 is 10.2 Å². The molecule has 2 aromatic carbocycles. The molecule has 2 N–H and O–H groups in total. The molecule has 3 nitrogen and oxygen atoms in total. The minimum absolute atomic E-state index is 0.518. The molecule has 1 saturated carbocycles. The normalized spacial score (nSPS) is 27.9. The molecule has 0 spiro atoms. The van der Waals surface area contributed by atoms with Crippen molar-refractivity contribution in [3.05, 3.63) is 71.3 Å². The van der Waals surface area contributed by atoms with Crippen LogP contribution in [0.25, 0.3) is 0 Å². The summed E-state index contributed by atoms with van der Waals surface area (Å²) in [5.74, 6) is 1.26. The van der Waals surface area contributed by atoms with E-state index in [1.54, 1.807) is 0 Å². The molecule has 0 amide bonds. The molecule has 3 atom stereocenters. The molecule has 0 aromatic heterocycles. The third kappa shape index (κ3) is 4.48. The van der Waals surface area contributed by atoms with E-state index in [-0.39, 0.29) is 0 Å². The molecule has 1 unspecified atom stereocenters. The molecule has 0 bridgehead atoms. The maximum absolute atomic E-state index is 11.1. The quantitative estimate of drug-likeness (QED) is 0.803. The number of hydrogen-bond acceptors (Lipinski definition) is 3. The Kier molecular flexibility index (Phi) is 5.34. The Hall–Kier alpha value is -1.68. The summed E-state index contributed by atoms with van der Waals surface area (Å²) in [6.07, 6.45) is 3.70. The highest BCUT2D eigenvalue weighted by molar-refractivity contribution is 5.26. The molecule has 1 aliphatic carbocycles. The van der Waals surface area contributed by atoms with Crippen LogP contribution in [-0.4, -0.2) is 40.3 Å². The van der Waals surface area contributed by atoms with Crippen LogP contribution in [0.1, 0.15) is 43.4 Å². The molecule has 0 radical (unpaired) electrons. The third-order valence-electron chi connectivity index (χ3n) is 6.69. The maximum Gasteiger partial charge on any atom is 0.0840 e. The first-order valence-corrected chi connectivity index (χ1v) is 10.6. The van der Waals surface area contributed by atoms with Gasteiger partial charge in [-0.05, 0) is 61.6 Å². The van der Waals surface area contributed by atoms with Crippen LogP contribution in [0.15, 0.2) is 54.6 Å². The van der Waals surface area contributed by atoms with Gasteiger partial charge in [-0.1, -0.05) is 54.6 Å². The van der Waals surface area contributed by atoms with E-state index in [1.807, 2.05) is 32.0 Å². The molecule has 4 rings (SSSR count). The lowest BCUT2D eigenvalue weighted by molar-refractivity contribution is 0.0355. The number of benzene rings is 2. The van der Waals surface area contributed by atoms with Crippen LogP contribution >= 0.6 is 0 Å². The van der Waals surface area contributed by atoms with E-state index < -0.39 is 11.2 Å². The van der Waals surface area contributed by atoms with Crippen LogP contribution in [-0.2, 0) is 18.4 Å². The fourth-order valence-corrected chi connectivity index (χ4v) is 5.23. The lowest BCUT2D eigenvalue weighted by Gasteiger charge is -2.26. The van der Waals surface area contributed by atoms with Crippen LogP contribution in [0.4, 0.5) is 0 Å². The Morgan fingerprint density at radius 3 is 2.11 bits per heavy atom. The second kappa shape index (κ2) is 7.62. The first kappa shape index (κ1) is 19.6. The number of fused-ring (bicyclic) bond motifs is 1. The average molecular weight is 380 g/mol. The molecule has 150 valence electrons. The molecule has 1 saturated heterocycles. The fraction of sp³-hybridized carbons (Fsp3) is 0.520. The number of aliphatic hydroxyl groups is 2. The van der Waals surface area contributed by atoms with Crippen molar-refractivity contribution in [2.45, 2.75) is 50.7 Å². The van der Waals surface area contributed by atoms with E-state index in [9.17, 15) is 10.2 Å². The van der Waals surface area contributed by atoms with Crippen molar-refractivity contribution >= 4 is 0 Å². The molecule has 2 aliphatic rings. The summed E-state index contributed by atoms with van der Waals surface area (Å²) in [6, 6.07) is 18.8. The van der Waals surface area contributed by atoms with Gasteiger partial charge in [0.2, 0.25) is 0 Å². The number of nitrogens with zero attached hydrogens (tertiary/aromatic N) is 1. The van der Waals surface area contributed by atoms with Crippen molar-refractivity contribution in [1.29, 1.82) is 0 Å². The van der Waals surface area contributed by atoms with E-state index in [4.69, 9.17) is 0 Å². The molecular formula is C25H33NO2. The molecule has 2 fully saturated rings. The van der Waals surface area contributed by atoms with Crippen molar-refractivity contribution in [2.75, 3.05) is 19.6 Å². The van der Waals surface area contributed by atoms with Crippen LogP contribution in [0.2, 0.25) is 0 Å². The molecular weight excluding hydrogens is 346 g/mol. The summed E-state index contributed by atoms with van der Waals surface area (Å²) < 4.78 is 0. The Labute approximate surface area is 169 Å². The second-order valence-corrected chi connectivity index (χ2v) is 9.58. The largest absolute Gasteiger partial charge is 0.390 e. The monoisotopic (exact) mass is 379 g/mol. The van der Waals surface area contributed by atoms with Crippen molar-refractivity contribution in [1.82, 2.24) is 4.90 Å². The van der Waals surface area contributed by atoms with E-state index in [2.05, 4.69) is 41.3 Å². The van der Waals surface area contributed by atoms with Gasteiger partial charge in [0.05, 0.1) is 11.2 Å². The predicted molar refractivity (Wildman–Crippen MR) is 113 cm³/mol. The number of rotatable bonds is 6. The van der Waals surface area contributed by atoms with Crippen molar-refractivity contribution in [3.8, 4) is 0 Å². The van der Waals surface area contributed by atoms with Crippen molar-refractivity contribution in [3.63, 3.8) is 0 Å². The Morgan fingerprint density at radius 1 is 0.929 bits per heavy atom.